The summed E-state index contributed by atoms with van der Waals surface area (Å²) in [4.78, 5) is 3.76. The molecule has 1 atom stereocenters. The zero-order valence-electron chi connectivity index (χ0n) is 16.0. The Labute approximate surface area is 165 Å². The molecule has 0 bridgehead atoms. The Balaban J connectivity index is 1.83. The van der Waals surface area contributed by atoms with Gasteiger partial charge in [-0.2, -0.15) is 0 Å². The molecule has 0 saturated carbocycles. The van der Waals surface area contributed by atoms with Gasteiger partial charge in [0.05, 0.1) is 0 Å². The fourth-order valence-electron chi connectivity index (χ4n) is 3.33. The van der Waals surface area contributed by atoms with Crippen LogP contribution in [0.4, 0.5) is 8.78 Å². The second-order valence-corrected chi connectivity index (χ2v) is 8.93. The Hall–Kier alpha value is -1.87. The van der Waals surface area contributed by atoms with Crippen LogP contribution in [0.25, 0.3) is 0 Å². The Morgan fingerprint density at radius 1 is 1.04 bits per heavy atom. The summed E-state index contributed by atoms with van der Waals surface area (Å²) >= 11 is 0. The van der Waals surface area contributed by atoms with Gasteiger partial charge in [0.2, 0.25) is 10.0 Å². The largest absolute Gasteiger partial charge is 0.304 e. The van der Waals surface area contributed by atoms with Crippen LogP contribution in [0.3, 0.4) is 0 Å². The van der Waals surface area contributed by atoms with Crippen LogP contribution in [0.2, 0.25) is 0 Å². The van der Waals surface area contributed by atoms with Crippen molar-refractivity contribution in [2.75, 3.05) is 39.8 Å². The van der Waals surface area contributed by atoms with Crippen molar-refractivity contribution in [2.45, 2.75) is 17.9 Å². The molecule has 152 valence electrons. The molecule has 0 amide bonds. The van der Waals surface area contributed by atoms with E-state index in [1.807, 2.05) is 38.2 Å². The predicted molar refractivity (Wildman–Crippen MR) is 105 cm³/mol. The van der Waals surface area contributed by atoms with E-state index in [0.717, 1.165) is 49.4 Å². The van der Waals surface area contributed by atoms with Crippen LogP contribution in [0, 0.1) is 18.6 Å². The van der Waals surface area contributed by atoms with Crippen molar-refractivity contribution in [2.24, 2.45) is 0 Å². The van der Waals surface area contributed by atoms with E-state index in [-0.39, 0.29) is 12.6 Å². The van der Waals surface area contributed by atoms with Crippen molar-refractivity contribution in [3.8, 4) is 0 Å². The predicted octanol–water partition coefficient (Wildman–Crippen LogP) is 2.54. The van der Waals surface area contributed by atoms with Crippen LogP contribution in [0.15, 0.2) is 47.4 Å². The minimum absolute atomic E-state index is 0.0745. The fraction of sp³-hybridized carbons (Fsp3) is 0.400. The molecule has 0 spiro atoms. The third-order valence-corrected chi connectivity index (χ3v) is 6.53. The van der Waals surface area contributed by atoms with Crippen molar-refractivity contribution in [3.05, 3.63) is 65.2 Å². The quantitative estimate of drug-likeness (QED) is 0.797. The van der Waals surface area contributed by atoms with E-state index in [4.69, 9.17) is 0 Å². The summed E-state index contributed by atoms with van der Waals surface area (Å²) in [5.74, 6) is -1.77. The van der Waals surface area contributed by atoms with Gasteiger partial charge in [0.25, 0.3) is 0 Å². The number of aryl methyl sites for hydroxylation is 1. The molecule has 5 nitrogen and oxygen atoms in total. The van der Waals surface area contributed by atoms with Crippen LogP contribution >= 0.6 is 0 Å². The van der Waals surface area contributed by atoms with E-state index >= 15 is 0 Å². The van der Waals surface area contributed by atoms with Gasteiger partial charge < -0.3 is 4.90 Å². The highest BCUT2D eigenvalue weighted by atomic mass is 32.2. The minimum atomic E-state index is -4.18. The van der Waals surface area contributed by atoms with Gasteiger partial charge in [-0.15, -0.1) is 0 Å². The first-order chi connectivity index (χ1) is 13.3. The zero-order valence-corrected chi connectivity index (χ0v) is 16.8. The smallest absolute Gasteiger partial charge is 0.243 e. The molecular weight excluding hydrogens is 384 g/mol. The highest BCUT2D eigenvalue weighted by molar-refractivity contribution is 7.89. The lowest BCUT2D eigenvalue weighted by molar-refractivity contribution is 0.113. The van der Waals surface area contributed by atoms with Gasteiger partial charge in [-0.05, 0) is 37.7 Å². The van der Waals surface area contributed by atoms with Gasteiger partial charge in [-0.3, -0.25) is 4.90 Å². The van der Waals surface area contributed by atoms with Crippen molar-refractivity contribution in [3.63, 3.8) is 0 Å². The lowest BCUT2D eigenvalue weighted by Gasteiger charge is -2.38. The molecule has 3 rings (SSSR count). The summed E-state index contributed by atoms with van der Waals surface area (Å²) in [6.07, 6.45) is 0. The molecule has 1 aliphatic rings. The van der Waals surface area contributed by atoms with E-state index in [1.165, 1.54) is 0 Å². The van der Waals surface area contributed by atoms with Crippen LogP contribution in [-0.4, -0.2) is 58.0 Å². The summed E-state index contributed by atoms with van der Waals surface area (Å²) in [6, 6.07) is 10.2. The molecule has 2 aromatic carbocycles. The number of halogens is 2. The van der Waals surface area contributed by atoms with Gasteiger partial charge in [0.1, 0.15) is 16.5 Å². The second kappa shape index (κ2) is 8.65. The normalized spacial score (nSPS) is 17.6. The van der Waals surface area contributed by atoms with Crippen LogP contribution in [-0.2, 0) is 10.0 Å². The molecular formula is C20H25F2N3O2S. The minimum Gasteiger partial charge on any atom is -0.304 e. The Morgan fingerprint density at radius 2 is 1.68 bits per heavy atom. The number of piperazine rings is 1. The molecule has 1 heterocycles. The number of benzene rings is 2. The highest BCUT2D eigenvalue weighted by Gasteiger charge is 2.27. The molecule has 2 aromatic rings. The number of likely N-dealkylation sites (N-methyl/N-ethyl adjacent to an activating group) is 1. The first kappa shape index (κ1) is 20.9. The van der Waals surface area contributed by atoms with Crippen LogP contribution < -0.4 is 4.72 Å². The monoisotopic (exact) mass is 409 g/mol. The first-order valence-electron chi connectivity index (χ1n) is 9.20. The molecule has 0 aliphatic carbocycles. The molecule has 0 aromatic heterocycles. The standard InChI is InChI=1S/C20H25F2N3O2S/c1-15-3-5-16(6-4-15)19(25-11-9-24(2)10-12-25)14-23-28(26,27)20-13-17(21)7-8-18(20)22/h3-8,13,19,23H,9-12,14H2,1-2H3/t19-/m0/s1. The third-order valence-electron chi connectivity index (χ3n) is 5.09. The van der Waals surface area contributed by atoms with Crippen molar-refractivity contribution in [1.82, 2.24) is 14.5 Å². The van der Waals surface area contributed by atoms with Gasteiger partial charge in [-0.1, -0.05) is 29.8 Å². The Kier molecular flexibility index (Phi) is 6.44. The van der Waals surface area contributed by atoms with E-state index in [0.29, 0.717) is 6.07 Å². The Morgan fingerprint density at radius 3 is 2.32 bits per heavy atom. The number of sulfonamides is 1. The maximum Gasteiger partial charge on any atom is 0.243 e. The number of nitrogens with one attached hydrogen (secondary N) is 1. The van der Waals surface area contributed by atoms with E-state index < -0.39 is 26.6 Å². The maximum atomic E-state index is 14.0. The average molecular weight is 410 g/mol. The van der Waals surface area contributed by atoms with E-state index in [9.17, 15) is 17.2 Å². The maximum absolute atomic E-state index is 14.0. The zero-order chi connectivity index (χ0) is 20.3. The van der Waals surface area contributed by atoms with Gasteiger partial charge in [-0.25, -0.2) is 21.9 Å². The molecule has 1 aliphatic heterocycles. The van der Waals surface area contributed by atoms with E-state index in [1.54, 1.807) is 0 Å². The van der Waals surface area contributed by atoms with E-state index in [2.05, 4.69) is 14.5 Å². The molecule has 8 heteroatoms. The lowest BCUT2D eigenvalue weighted by atomic mass is 10.0. The van der Waals surface area contributed by atoms with Crippen molar-refractivity contribution >= 4 is 10.0 Å². The second-order valence-electron chi connectivity index (χ2n) is 7.19. The number of hydrogen-bond acceptors (Lipinski definition) is 4. The van der Waals surface area contributed by atoms with Crippen LogP contribution in [0.5, 0.6) is 0 Å². The number of rotatable bonds is 6. The van der Waals surface area contributed by atoms with Crippen LogP contribution in [0.1, 0.15) is 17.2 Å². The lowest BCUT2D eigenvalue weighted by Crippen LogP contribution is -2.48. The molecule has 1 fully saturated rings. The van der Waals surface area contributed by atoms with Gasteiger partial charge in [0, 0.05) is 38.8 Å². The summed E-state index contributed by atoms with van der Waals surface area (Å²) in [5, 5.41) is 0. The summed E-state index contributed by atoms with van der Waals surface area (Å²) in [6.45, 7) is 5.42. The van der Waals surface area contributed by atoms with Crippen molar-refractivity contribution in [1.29, 1.82) is 0 Å². The fourth-order valence-corrected chi connectivity index (χ4v) is 4.45. The summed E-state index contributed by atoms with van der Waals surface area (Å²) in [5.41, 5.74) is 2.10. The molecule has 28 heavy (non-hydrogen) atoms. The molecule has 1 saturated heterocycles. The molecule has 0 unspecified atom stereocenters. The van der Waals surface area contributed by atoms with Gasteiger partial charge >= 0.3 is 0 Å². The Bertz CT molecular complexity index is 912. The molecule has 1 N–H and O–H groups in total. The van der Waals surface area contributed by atoms with Crippen molar-refractivity contribution < 1.29 is 17.2 Å². The summed E-state index contributed by atoms with van der Waals surface area (Å²) < 4.78 is 55.0. The SMILES string of the molecule is Cc1ccc([C@H](CNS(=O)(=O)c2cc(F)ccc2F)N2CCN(C)CC2)cc1. The number of nitrogens with zero attached hydrogens (tertiary/aromatic N) is 2. The number of hydrogen-bond donors (Lipinski definition) is 1. The van der Waals surface area contributed by atoms with Gasteiger partial charge in [0.15, 0.2) is 0 Å². The topological polar surface area (TPSA) is 52.7 Å². The summed E-state index contributed by atoms with van der Waals surface area (Å²) in [7, 11) is -2.13. The molecule has 0 radical (unpaired) electrons. The third kappa shape index (κ3) is 4.94. The first-order valence-corrected chi connectivity index (χ1v) is 10.7. The highest BCUT2D eigenvalue weighted by Crippen LogP contribution is 2.23. The average Bonchev–Trinajstić information content (AvgIpc) is 2.66.